The van der Waals surface area contributed by atoms with Gasteiger partial charge in [-0.25, -0.2) is 0 Å². The van der Waals surface area contributed by atoms with Crippen LogP contribution in [-0.4, -0.2) is 28.6 Å². The maximum absolute atomic E-state index is 11.3. The monoisotopic (exact) mass is 292 g/mol. The molecule has 1 aliphatic rings. The summed E-state index contributed by atoms with van der Waals surface area (Å²) in [5.74, 6) is 0.497. The van der Waals surface area contributed by atoms with Gasteiger partial charge in [0, 0.05) is 24.2 Å². The fourth-order valence-electron chi connectivity index (χ4n) is 2.89. The maximum Gasteiger partial charge on any atom is 0.293 e. The standard InChI is InChI=1S/C14H20N4O3/c1-9-5-6-17(10(2)7-9)12-4-3-11(14(15)16-19)8-13(12)18(20)21/h3-4,8-10,19H,5-7H2,1-2H3,(H2,15,16). The molecular formula is C14H20N4O3. The average molecular weight is 292 g/mol. The number of nitrogens with zero attached hydrogens (tertiary/aromatic N) is 3. The molecule has 7 nitrogen and oxygen atoms in total. The van der Waals surface area contributed by atoms with Crippen molar-refractivity contribution in [3.8, 4) is 0 Å². The SMILES string of the molecule is CC1CCN(c2ccc(C(N)=NO)cc2[N+](=O)[O-])C(C)C1. The average Bonchev–Trinajstić information content (AvgIpc) is 2.46. The van der Waals surface area contributed by atoms with Crippen molar-refractivity contribution in [2.45, 2.75) is 32.7 Å². The molecule has 2 atom stereocenters. The highest BCUT2D eigenvalue weighted by molar-refractivity contribution is 5.98. The van der Waals surface area contributed by atoms with Gasteiger partial charge in [0.1, 0.15) is 5.69 Å². The lowest BCUT2D eigenvalue weighted by Gasteiger charge is -2.37. The second kappa shape index (κ2) is 5.99. The maximum atomic E-state index is 11.3. The van der Waals surface area contributed by atoms with Crippen LogP contribution in [-0.2, 0) is 0 Å². The highest BCUT2D eigenvalue weighted by Crippen LogP contribution is 2.34. The molecule has 0 bridgehead atoms. The Labute approximate surface area is 123 Å². The largest absolute Gasteiger partial charge is 0.409 e. The van der Waals surface area contributed by atoms with E-state index in [2.05, 4.69) is 23.9 Å². The molecule has 2 rings (SSSR count). The van der Waals surface area contributed by atoms with Crippen molar-refractivity contribution >= 4 is 17.2 Å². The summed E-state index contributed by atoms with van der Waals surface area (Å²) in [6.45, 7) is 5.08. The summed E-state index contributed by atoms with van der Waals surface area (Å²) in [4.78, 5) is 13.0. The van der Waals surface area contributed by atoms with E-state index in [4.69, 9.17) is 10.9 Å². The van der Waals surface area contributed by atoms with Crippen molar-refractivity contribution in [2.24, 2.45) is 16.8 Å². The highest BCUT2D eigenvalue weighted by Gasteiger charge is 2.28. The van der Waals surface area contributed by atoms with Gasteiger partial charge in [-0.15, -0.1) is 0 Å². The molecule has 0 aromatic heterocycles. The molecule has 1 aromatic rings. The zero-order chi connectivity index (χ0) is 15.6. The lowest BCUT2D eigenvalue weighted by Crippen LogP contribution is -2.40. The molecule has 0 saturated carbocycles. The third kappa shape index (κ3) is 3.07. The van der Waals surface area contributed by atoms with Gasteiger partial charge in [-0.3, -0.25) is 10.1 Å². The van der Waals surface area contributed by atoms with Gasteiger partial charge in [0.2, 0.25) is 0 Å². The second-order valence-corrected chi connectivity index (χ2v) is 5.62. The Bertz CT molecular complexity index is 573. The lowest BCUT2D eigenvalue weighted by molar-refractivity contribution is -0.384. The third-order valence-corrected chi connectivity index (χ3v) is 4.02. The molecule has 1 saturated heterocycles. The number of hydrogen-bond acceptors (Lipinski definition) is 5. The molecule has 0 aliphatic carbocycles. The van der Waals surface area contributed by atoms with Crippen LogP contribution >= 0.6 is 0 Å². The van der Waals surface area contributed by atoms with Crippen molar-refractivity contribution in [3.63, 3.8) is 0 Å². The minimum atomic E-state index is -0.422. The van der Waals surface area contributed by atoms with Gasteiger partial charge in [-0.1, -0.05) is 12.1 Å². The van der Waals surface area contributed by atoms with E-state index < -0.39 is 4.92 Å². The van der Waals surface area contributed by atoms with Crippen LogP contribution in [0.1, 0.15) is 32.3 Å². The zero-order valence-corrected chi connectivity index (χ0v) is 12.2. The van der Waals surface area contributed by atoms with E-state index in [9.17, 15) is 10.1 Å². The number of oxime groups is 1. The highest BCUT2D eigenvalue weighted by atomic mass is 16.6. The van der Waals surface area contributed by atoms with Crippen LogP contribution in [0.5, 0.6) is 0 Å². The molecule has 114 valence electrons. The first-order valence-corrected chi connectivity index (χ1v) is 6.97. The molecule has 21 heavy (non-hydrogen) atoms. The summed E-state index contributed by atoms with van der Waals surface area (Å²) in [6.07, 6.45) is 2.03. The van der Waals surface area contributed by atoms with E-state index in [1.165, 1.54) is 6.07 Å². The Morgan fingerprint density at radius 2 is 2.24 bits per heavy atom. The van der Waals surface area contributed by atoms with Crippen LogP contribution in [0.3, 0.4) is 0 Å². The Kier molecular flexibility index (Phi) is 4.30. The third-order valence-electron chi connectivity index (χ3n) is 4.02. The van der Waals surface area contributed by atoms with E-state index in [-0.39, 0.29) is 17.6 Å². The number of nitro groups is 1. The summed E-state index contributed by atoms with van der Waals surface area (Å²) in [5, 5.41) is 22.9. The van der Waals surface area contributed by atoms with Crippen molar-refractivity contribution in [1.29, 1.82) is 0 Å². The molecule has 2 unspecified atom stereocenters. The van der Waals surface area contributed by atoms with Gasteiger partial charge in [0.15, 0.2) is 5.84 Å². The van der Waals surface area contributed by atoms with Crippen LogP contribution in [0.15, 0.2) is 23.4 Å². The van der Waals surface area contributed by atoms with E-state index >= 15 is 0 Å². The van der Waals surface area contributed by atoms with Crippen molar-refractivity contribution in [3.05, 3.63) is 33.9 Å². The van der Waals surface area contributed by atoms with E-state index in [1.807, 2.05) is 0 Å². The number of rotatable bonds is 3. The van der Waals surface area contributed by atoms with Crippen molar-refractivity contribution in [2.75, 3.05) is 11.4 Å². The normalized spacial score (nSPS) is 23.1. The molecule has 0 amide bonds. The number of piperidine rings is 1. The van der Waals surface area contributed by atoms with Crippen LogP contribution in [0.25, 0.3) is 0 Å². The summed E-state index contributed by atoms with van der Waals surface area (Å²) in [7, 11) is 0. The van der Waals surface area contributed by atoms with Gasteiger partial charge in [-0.2, -0.15) is 0 Å². The number of nitro benzene ring substituents is 1. The van der Waals surface area contributed by atoms with Gasteiger partial charge in [-0.05, 0) is 37.8 Å². The summed E-state index contributed by atoms with van der Waals surface area (Å²) in [5.41, 5.74) is 6.42. The lowest BCUT2D eigenvalue weighted by atomic mass is 9.92. The first-order valence-electron chi connectivity index (χ1n) is 6.97. The Morgan fingerprint density at radius 3 is 2.81 bits per heavy atom. The molecule has 7 heteroatoms. The molecule has 1 fully saturated rings. The first kappa shape index (κ1) is 15.1. The van der Waals surface area contributed by atoms with E-state index in [1.54, 1.807) is 12.1 Å². The van der Waals surface area contributed by atoms with Gasteiger partial charge in [0.25, 0.3) is 5.69 Å². The minimum absolute atomic E-state index is 0.0134. The fourth-order valence-corrected chi connectivity index (χ4v) is 2.89. The topological polar surface area (TPSA) is 105 Å². The fraction of sp³-hybridized carbons (Fsp3) is 0.500. The Balaban J connectivity index is 2.41. The molecule has 1 heterocycles. The van der Waals surface area contributed by atoms with Crippen LogP contribution in [0.4, 0.5) is 11.4 Å². The molecule has 1 aromatic carbocycles. The van der Waals surface area contributed by atoms with Crippen LogP contribution in [0, 0.1) is 16.0 Å². The summed E-state index contributed by atoms with van der Waals surface area (Å²) >= 11 is 0. The number of anilines is 1. The molecular weight excluding hydrogens is 272 g/mol. The predicted octanol–water partition coefficient (Wildman–Crippen LogP) is 2.31. The zero-order valence-electron chi connectivity index (χ0n) is 12.2. The van der Waals surface area contributed by atoms with Crippen LogP contribution < -0.4 is 10.6 Å². The Morgan fingerprint density at radius 1 is 1.52 bits per heavy atom. The van der Waals surface area contributed by atoms with E-state index in [0.29, 0.717) is 17.2 Å². The molecule has 3 N–H and O–H groups in total. The number of benzene rings is 1. The van der Waals surface area contributed by atoms with Gasteiger partial charge < -0.3 is 15.8 Å². The van der Waals surface area contributed by atoms with E-state index in [0.717, 1.165) is 19.4 Å². The molecule has 1 aliphatic heterocycles. The quantitative estimate of drug-likeness (QED) is 0.292. The second-order valence-electron chi connectivity index (χ2n) is 5.62. The summed E-state index contributed by atoms with van der Waals surface area (Å²) in [6, 6.07) is 4.93. The summed E-state index contributed by atoms with van der Waals surface area (Å²) < 4.78 is 0. The Hall–Kier alpha value is -2.31. The van der Waals surface area contributed by atoms with Crippen molar-refractivity contribution < 1.29 is 10.1 Å². The van der Waals surface area contributed by atoms with Gasteiger partial charge >= 0.3 is 0 Å². The number of nitrogens with two attached hydrogens (primary N) is 1. The molecule has 0 radical (unpaired) electrons. The molecule has 0 spiro atoms. The van der Waals surface area contributed by atoms with Crippen LogP contribution in [0.2, 0.25) is 0 Å². The number of amidine groups is 1. The number of hydrogen-bond donors (Lipinski definition) is 2. The predicted molar refractivity (Wildman–Crippen MR) is 80.8 cm³/mol. The smallest absolute Gasteiger partial charge is 0.293 e. The minimum Gasteiger partial charge on any atom is -0.409 e. The van der Waals surface area contributed by atoms with Gasteiger partial charge in [0.05, 0.1) is 4.92 Å². The van der Waals surface area contributed by atoms with Crippen molar-refractivity contribution in [1.82, 2.24) is 0 Å². The first-order chi connectivity index (χ1) is 9.93.